The minimum atomic E-state index is -0.725. The van der Waals surface area contributed by atoms with Crippen LogP contribution in [-0.2, 0) is 0 Å². The molecule has 1 aliphatic carbocycles. The molecule has 3 rings (SSSR count). The summed E-state index contributed by atoms with van der Waals surface area (Å²) in [5.74, 6) is 0. The fraction of sp³-hybridized carbons (Fsp3) is 0.300. The second-order valence-corrected chi connectivity index (χ2v) is 7.49. The smallest absolute Gasteiger partial charge is 0.284 e. The summed E-state index contributed by atoms with van der Waals surface area (Å²) in [6, 6.07) is 5.81. The van der Waals surface area contributed by atoms with E-state index in [1.54, 1.807) is 0 Å². The molecule has 0 unspecified atom stereocenters. The molecular formula is C20H18N6O8. The number of nitrogens with zero attached hydrogens (tertiary/aromatic N) is 6. The van der Waals surface area contributed by atoms with Gasteiger partial charge in [0.1, 0.15) is 0 Å². The molecule has 2 atom stereocenters. The number of rotatable bonds is 8. The number of nitro groups is 4. The third-order valence-corrected chi connectivity index (χ3v) is 5.35. The molecule has 0 N–H and O–H groups in total. The van der Waals surface area contributed by atoms with Crippen LogP contribution in [0.3, 0.4) is 0 Å². The van der Waals surface area contributed by atoms with Crippen LogP contribution in [0, 0.1) is 40.5 Å². The highest BCUT2D eigenvalue weighted by Gasteiger charge is 2.25. The molecule has 0 radical (unpaired) electrons. The van der Waals surface area contributed by atoms with Crippen LogP contribution in [0.15, 0.2) is 46.4 Å². The van der Waals surface area contributed by atoms with E-state index in [-0.39, 0.29) is 23.2 Å². The minimum absolute atomic E-state index is 0.106. The lowest BCUT2D eigenvalue weighted by Crippen LogP contribution is -2.27. The molecule has 0 aliphatic heterocycles. The Labute approximate surface area is 191 Å². The third-order valence-electron chi connectivity index (χ3n) is 5.35. The predicted octanol–water partition coefficient (Wildman–Crippen LogP) is 4.17. The Balaban J connectivity index is 1.86. The second-order valence-electron chi connectivity index (χ2n) is 7.49. The quantitative estimate of drug-likeness (QED) is 0.311. The largest absolute Gasteiger partial charge is 0.287 e. The normalized spacial score (nSPS) is 18.2. The van der Waals surface area contributed by atoms with Gasteiger partial charge in [-0.15, -0.1) is 0 Å². The van der Waals surface area contributed by atoms with Crippen LogP contribution in [0.4, 0.5) is 22.7 Å². The van der Waals surface area contributed by atoms with Crippen molar-refractivity contribution < 1.29 is 19.7 Å². The first kappa shape index (κ1) is 24.0. The standard InChI is InChI=1S/C20H18N6O8/c27-23(28)15-7-5-13(19(9-15)25(31)32)11-21-17-3-1-2-4-18(17)22-12-14-6-8-16(24(29)30)10-20(14)26(33)34/h5-12,17-18H,1-4H2/t17-,18-/m0/s1. The molecule has 176 valence electrons. The van der Waals surface area contributed by atoms with E-state index >= 15 is 0 Å². The summed E-state index contributed by atoms with van der Waals surface area (Å²) in [7, 11) is 0. The molecule has 0 amide bonds. The molecule has 14 heteroatoms. The first-order chi connectivity index (χ1) is 16.2. The lowest BCUT2D eigenvalue weighted by molar-refractivity contribution is -0.394. The molecule has 1 fully saturated rings. The van der Waals surface area contributed by atoms with Crippen molar-refractivity contribution in [2.45, 2.75) is 37.8 Å². The van der Waals surface area contributed by atoms with Crippen molar-refractivity contribution in [1.82, 2.24) is 0 Å². The van der Waals surface area contributed by atoms with E-state index in [0.29, 0.717) is 12.8 Å². The zero-order valence-electron chi connectivity index (χ0n) is 17.6. The van der Waals surface area contributed by atoms with Gasteiger partial charge in [-0.2, -0.15) is 0 Å². The number of aliphatic imine (C=N–C) groups is 2. The van der Waals surface area contributed by atoms with Crippen LogP contribution < -0.4 is 0 Å². The predicted molar refractivity (Wildman–Crippen MR) is 121 cm³/mol. The Bertz CT molecular complexity index is 1120. The highest BCUT2D eigenvalue weighted by Crippen LogP contribution is 2.28. The van der Waals surface area contributed by atoms with Crippen molar-refractivity contribution in [3.8, 4) is 0 Å². The van der Waals surface area contributed by atoms with E-state index in [2.05, 4.69) is 9.98 Å². The average Bonchev–Trinajstić information content (AvgIpc) is 2.81. The molecule has 34 heavy (non-hydrogen) atoms. The lowest BCUT2D eigenvalue weighted by Gasteiger charge is -2.25. The van der Waals surface area contributed by atoms with Gasteiger partial charge in [0.2, 0.25) is 0 Å². The fourth-order valence-electron chi connectivity index (χ4n) is 3.62. The number of non-ortho nitro benzene ring substituents is 2. The summed E-state index contributed by atoms with van der Waals surface area (Å²) >= 11 is 0. The van der Waals surface area contributed by atoms with E-state index in [0.717, 1.165) is 37.1 Å². The van der Waals surface area contributed by atoms with E-state index in [1.807, 2.05) is 0 Å². The van der Waals surface area contributed by atoms with Gasteiger partial charge in [0.05, 0.1) is 55.0 Å². The topological polar surface area (TPSA) is 197 Å². The molecule has 1 aliphatic rings. The maximum atomic E-state index is 11.3. The minimum Gasteiger partial charge on any atom is -0.287 e. The van der Waals surface area contributed by atoms with Gasteiger partial charge in [0.15, 0.2) is 0 Å². The molecule has 0 bridgehead atoms. The summed E-state index contributed by atoms with van der Waals surface area (Å²) in [4.78, 5) is 50.4. The average molecular weight is 470 g/mol. The van der Waals surface area contributed by atoms with E-state index < -0.39 is 42.4 Å². The first-order valence-corrected chi connectivity index (χ1v) is 10.1. The van der Waals surface area contributed by atoms with Crippen molar-refractivity contribution in [2.75, 3.05) is 0 Å². The van der Waals surface area contributed by atoms with Crippen LogP contribution in [0.25, 0.3) is 0 Å². The molecule has 2 aromatic carbocycles. The van der Waals surface area contributed by atoms with E-state index in [1.165, 1.54) is 24.6 Å². The van der Waals surface area contributed by atoms with Gasteiger partial charge < -0.3 is 0 Å². The summed E-state index contributed by atoms with van der Waals surface area (Å²) in [5, 5.41) is 44.5. The number of hydrogen-bond acceptors (Lipinski definition) is 10. The Hall–Kier alpha value is -4.62. The third kappa shape index (κ3) is 5.59. The van der Waals surface area contributed by atoms with Gasteiger partial charge in [-0.25, -0.2) is 0 Å². The van der Waals surface area contributed by atoms with Crippen molar-refractivity contribution in [3.63, 3.8) is 0 Å². The summed E-state index contributed by atoms with van der Waals surface area (Å²) in [6.45, 7) is 0. The molecule has 0 heterocycles. The van der Waals surface area contributed by atoms with Gasteiger partial charge >= 0.3 is 0 Å². The summed E-state index contributed by atoms with van der Waals surface area (Å²) in [5.41, 5.74) is -1.50. The lowest BCUT2D eigenvalue weighted by atomic mass is 9.91. The molecule has 0 spiro atoms. The first-order valence-electron chi connectivity index (χ1n) is 10.1. The molecule has 0 saturated heterocycles. The van der Waals surface area contributed by atoms with Crippen LogP contribution in [-0.4, -0.2) is 44.2 Å². The van der Waals surface area contributed by atoms with Crippen LogP contribution in [0.1, 0.15) is 36.8 Å². The fourth-order valence-corrected chi connectivity index (χ4v) is 3.62. The Kier molecular flexibility index (Phi) is 7.30. The van der Waals surface area contributed by atoms with Gasteiger partial charge in [-0.05, 0) is 25.0 Å². The Morgan fingerprint density at radius 2 is 1.03 bits per heavy atom. The van der Waals surface area contributed by atoms with Gasteiger partial charge in [-0.1, -0.05) is 12.8 Å². The zero-order chi connectivity index (χ0) is 24.8. The van der Waals surface area contributed by atoms with Gasteiger partial charge in [0, 0.05) is 24.6 Å². The molecule has 1 saturated carbocycles. The van der Waals surface area contributed by atoms with Crippen LogP contribution >= 0.6 is 0 Å². The molecule has 0 aromatic heterocycles. The number of hydrogen-bond donors (Lipinski definition) is 0. The van der Waals surface area contributed by atoms with Gasteiger partial charge in [-0.3, -0.25) is 50.4 Å². The van der Waals surface area contributed by atoms with E-state index in [9.17, 15) is 40.5 Å². The monoisotopic (exact) mass is 470 g/mol. The zero-order valence-corrected chi connectivity index (χ0v) is 17.6. The van der Waals surface area contributed by atoms with Crippen molar-refractivity contribution in [1.29, 1.82) is 0 Å². The SMILES string of the molecule is O=[N+]([O-])c1ccc(C=N[C@H]2CCCC[C@@H]2N=Cc2ccc([N+](=O)[O-])cc2[N+](=O)[O-])c([N+](=O)[O-])c1. The highest BCUT2D eigenvalue weighted by molar-refractivity contribution is 5.87. The van der Waals surface area contributed by atoms with Crippen LogP contribution in [0.2, 0.25) is 0 Å². The Morgan fingerprint density at radius 1 is 0.647 bits per heavy atom. The van der Waals surface area contributed by atoms with E-state index in [4.69, 9.17) is 0 Å². The summed E-state index contributed by atoms with van der Waals surface area (Å²) in [6.07, 6.45) is 5.51. The molecular weight excluding hydrogens is 452 g/mol. The summed E-state index contributed by atoms with van der Waals surface area (Å²) < 4.78 is 0. The number of benzene rings is 2. The van der Waals surface area contributed by atoms with Crippen LogP contribution in [0.5, 0.6) is 0 Å². The van der Waals surface area contributed by atoms with Gasteiger partial charge in [0.25, 0.3) is 22.7 Å². The maximum Gasteiger partial charge on any atom is 0.284 e. The second kappa shape index (κ2) is 10.3. The van der Waals surface area contributed by atoms with Crippen molar-refractivity contribution in [3.05, 3.63) is 88.0 Å². The molecule has 14 nitrogen and oxygen atoms in total. The Morgan fingerprint density at radius 3 is 1.35 bits per heavy atom. The molecule has 2 aromatic rings. The number of nitro benzene ring substituents is 4. The maximum absolute atomic E-state index is 11.3. The highest BCUT2D eigenvalue weighted by atomic mass is 16.6. The van der Waals surface area contributed by atoms with Crippen molar-refractivity contribution in [2.24, 2.45) is 9.98 Å². The van der Waals surface area contributed by atoms with Crippen molar-refractivity contribution >= 4 is 35.2 Å².